The van der Waals surface area contributed by atoms with Gasteiger partial charge < -0.3 is 19.4 Å². The highest BCUT2D eigenvalue weighted by Crippen LogP contribution is 2.26. The van der Waals surface area contributed by atoms with Crippen LogP contribution in [0.5, 0.6) is 17.2 Å². The van der Waals surface area contributed by atoms with Gasteiger partial charge in [0, 0.05) is 6.08 Å². The summed E-state index contributed by atoms with van der Waals surface area (Å²) >= 11 is 0. The van der Waals surface area contributed by atoms with Crippen LogP contribution in [0.2, 0.25) is 0 Å². The largest absolute Gasteiger partial charge is 0.504 e. The van der Waals surface area contributed by atoms with Crippen LogP contribution in [0.15, 0.2) is 48.5 Å². The number of esters is 1. The van der Waals surface area contributed by atoms with E-state index in [0.29, 0.717) is 16.9 Å². The average Bonchev–Trinajstić information content (AvgIpc) is 2.58. The van der Waals surface area contributed by atoms with E-state index >= 15 is 0 Å². The number of phenolic OH excluding ortho intramolecular Hbond substituents is 1. The summed E-state index contributed by atoms with van der Waals surface area (Å²) in [4.78, 5) is 26.3. The Bertz CT molecular complexity index is 801. The highest BCUT2D eigenvalue weighted by atomic mass is 16.9. The van der Waals surface area contributed by atoms with Crippen molar-refractivity contribution >= 4 is 12.0 Å². The first-order chi connectivity index (χ1) is 12.0. The van der Waals surface area contributed by atoms with Gasteiger partial charge in [0.25, 0.3) is 5.09 Å². The summed E-state index contributed by atoms with van der Waals surface area (Å²) in [6, 6.07) is 10.9. The summed E-state index contributed by atoms with van der Waals surface area (Å²) < 4.78 is 10.1. The number of rotatable bonds is 7. The number of hydrogen-bond acceptors (Lipinski definition) is 7. The highest BCUT2D eigenvalue weighted by molar-refractivity contribution is 5.88. The standard InChI is InChI=1S/C17H15NO7/c1-23-16-7-5-12(10-15(16)19)6-8-17(20)25-14-4-2-3-13(9-14)11-24-18(21)22/h2-10,19H,11H2,1H3/b8-6+. The van der Waals surface area contributed by atoms with E-state index in [4.69, 9.17) is 9.47 Å². The number of nitrogens with zero attached hydrogens (tertiary/aromatic N) is 1. The molecule has 2 rings (SSSR count). The van der Waals surface area contributed by atoms with E-state index in [9.17, 15) is 20.0 Å². The number of methoxy groups -OCH3 is 1. The van der Waals surface area contributed by atoms with E-state index in [2.05, 4.69) is 4.84 Å². The van der Waals surface area contributed by atoms with E-state index in [1.54, 1.807) is 30.3 Å². The Morgan fingerprint density at radius 1 is 1.28 bits per heavy atom. The SMILES string of the molecule is COc1ccc(/C=C/C(=O)Oc2cccc(CO[N+](=O)[O-])c2)cc1O. The van der Waals surface area contributed by atoms with Gasteiger partial charge in [0.05, 0.1) is 7.11 Å². The van der Waals surface area contributed by atoms with Crippen LogP contribution in [-0.2, 0) is 16.2 Å². The fourth-order valence-electron chi connectivity index (χ4n) is 1.95. The Kier molecular flexibility index (Phi) is 5.94. The van der Waals surface area contributed by atoms with E-state index in [1.807, 2.05) is 0 Å². The number of phenols is 1. The predicted molar refractivity (Wildman–Crippen MR) is 87.6 cm³/mol. The van der Waals surface area contributed by atoms with Crippen LogP contribution < -0.4 is 9.47 Å². The highest BCUT2D eigenvalue weighted by Gasteiger charge is 2.05. The zero-order chi connectivity index (χ0) is 18.2. The fourth-order valence-corrected chi connectivity index (χ4v) is 1.95. The van der Waals surface area contributed by atoms with Gasteiger partial charge in [0.15, 0.2) is 11.5 Å². The molecule has 0 aliphatic carbocycles. The van der Waals surface area contributed by atoms with E-state index in [-0.39, 0.29) is 18.1 Å². The minimum Gasteiger partial charge on any atom is -0.504 e. The lowest BCUT2D eigenvalue weighted by atomic mass is 10.2. The Morgan fingerprint density at radius 3 is 2.76 bits per heavy atom. The van der Waals surface area contributed by atoms with Gasteiger partial charge in [-0.2, -0.15) is 0 Å². The molecule has 8 heteroatoms. The summed E-state index contributed by atoms with van der Waals surface area (Å²) in [5.74, 6) is -0.121. The molecule has 0 atom stereocenters. The normalized spacial score (nSPS) is 10.4. The summed E-state index contributed by atoms with van der Waals surface area (Å²) in [6.07, 6.45) is 2.67. The van der Waals surface area contributed by atoms with Crippen molar-refractivity contribution in [2.75, 3.05) is 7.11 Å². The van der Waals surface area contributed by atoms with E-state index in [0.717, 1.165) is 0 Å². The third-order valence-corrected chi connectivity index (χ3v) is 3.07. The molecule has 130 valence electrons. The molecule has 0 aromatic heterocycles. The lowest BCUT2D eigenvalue weighted by Crippen LogP contribution is -2.05. The summed E-state index contributed by atoms with van der Waals surface area (Å²) in [5.41, 5.74) is 1.08. The molecular formula is C17H15NO7. The molecule has 0 heterocycles. The molecule has 2 aromatic rings. The molecular weight excluding hydrogens is 330 g/mol. The Balaban J connectivity index is 1.98. The first kappa shape index (κ1) is 17.8. The second kappa shape index (κ2) is 8.34. The third kappa shape index (κ3) is 5.54. The molecule has 0 amide bonds. The number of carbonyl (C=O) groups excluding carboxylic acids is 1. The number of ether oxygens (including phenoxy) is 2. The predicted octanol–water partition coefficient (Wildman–Crippen LogP) is 2.73. The van der Waals surface area contributed by atoms with Crippen molar-refractivity contribution in [2.24, 2.45) is 0 Å². The molecule has 2 aromatic carbocycles. The molecule has 0 radical (unpaired) electrons. The van der Waals surface area contributed by atoms with Crippen molar-refractivity contribution in [1.29, 1.82) is 0 Å². The zero-order valence-corrected chi connectivity index (χ0v) is 13.2. The fraction of sp³-hybridized carbons (Fsp3) is 0.118. The van der Waals surface area contributed by atoms with E-state index in [1.165, 1.54) is 31.4 Å². The molecule has 0 fully saturated rings. The second-order valence-corrected chi connectivity index (χ2v) is 4.83. The molecule has 8 nitrogen and oxygen atoms in total. The number of hydrogen-bond donors (Lipinski definition) is 1. The Hall–Kier alpha value is -3.55. The molecule has 1 N–H and O–H groups in total. The van der Waals surface area contributed by atoms with Gasteiger partial charge in [0.1, 0.15) is 12.4 Å². The van der Waals surface area contributed by atoms with Gasteiger partial charge in [-0.1, -0.05) is 18.2 Å². The average molecular weight is 345 g/mol. The molecule has 0 unspecified atom stereocenters. The van der Waals surface area contributed by atoms with Crippen molar-refractivity contribution in [1.82, 2.24) is 0 Å². The molecule has 0 aliphatic rings. The molecule has 25 heavy (non-hydrogen) atoms. The third-order valence-electron chi connectivity index (χ3n) is 3.07. The van der Waals surface area contributed by atoms with Gasteiger partial charge >= 0.3 is 5.97 Å². The minimum atomic E-state index is -0.897. The van der Waals surface area contributed by atoms with Gasteiger partial charge in [0.2, 0.25) is 0 Å². The second-order valence-electron chi connectivity index (χ2n) is 4.83. The first-order valence-corrected chi connectivity index (χ1v) is 7.11. The van der Waals surface area contributed by atoms with Crippen LogP contribution in [0.1, 0.15) is 11.1 Å². The summed E-state index contributed by atoms with van der Waals surface area (Å²) in [6.45, 7) is -0.237. The summed E-state index contributed by atoms with van der Waals surface area (Å²) in [5, 5.41) is 19.0. The maximum atomic E-state index is 11.8. The maximum Gasteiger partial charge on any atom is 0.336 e. The van der Waals surface area contributed by atoms with Crippen molar-refractivity contribution in [3.8, 4) is 17.2 Å². The van der Waals surface area contributed by atoms with Crippen LogP contribution in [0, 0.1) is 10.1 Å². The molecule has 0 spiro atoms. The molecule has 0 saturated carbocycles. The lowest BCUT2D eigenvalue weighted by Gasteiger charge is -2.05. The van der Waals surface area contributed by atoms with Gasteiger partial charge in [-0.25, -0.2) is 4.79 Å². The van der Waals surface area contributed by atoms with Crippen LogP contribution in [0.4, 0.5) is 0 Å². The Labute approximate surface area is 143 Å². The zero-order valence-electron chi connectivity index (χ0n) is 13.2. The molecule has 0 aliphatic heterocycles. The van der Waals surface area contributed by atoms with Crippen LogP contribution >= 0.6 is 0 Å². The van der Waals surface area contributed by atoms with Crippen LogP contribution in [-0.4, -0.2) is 23.3 Å². The quantitative estimate of drug-likeness (QED) is 0.270. The Morgan fingerprint density at radius 2 is 2.08 bits per heavy atom. The summed E-state index contributed by atoms with van der Waals surface area (Å²) in [7, 11) is 1.44. The van der Waals surface area contributed by atoms with Crippen molar-refractivity contribution in [3.63, 3.8) is 0 Å². The monoisotopic (exact) mass is 345 g/mol. The molecule has 0 bridgehead atoms. The van der Waals surface area contributed by atoms with Gasteiger partial charge in [-0.15, -0.1) is 10.1 Å². The van der Waals surface area contributed by atoms with Crippen molar-refractivity contribution in [2.45, 2.75) is 6.61 Å². The topological polar surface area (TPSA) is 108 Å². The van der Waals surface area contributed by atoms with Crippen LogP contribution in [0.25, 0.3) is 6.08 Å². The number of aromatic hydroxyl groups is 1. The van der Waals surface area contributed by atoms with Crippen molar-refractivity contribution < 1.29 is 29.3 Å². The van der Waals surface area contributed by atoms with Crippen LogP contribution in [0.3, 0.4) is 0 Å². The van der Waals surface area contributed by atoms with Gasteiger partial charge in [-0.05, 0) is 41.5 Å². The molecule has 0 saturated heterocycles. The van der Waals surface area contributed by atoms with E-state index < -0.39 is 11.1 Å². The smallest absolute Gasteiger partial charge is 0.336 e. The number of carbonyl (C=O) groups is 1. The van der Waals surface area contributed by atoms with Gasteiger partial charge in [-0.3, -0.25) is 0 Å². The maximum absolute atomic E-state index is 11.8. The number of benzene rings is 2. The lowest BCUT2D eigenvalue weighted by molar-refractivity contribution is -0.763. The first-order valence-electron chi connectivity index (χ1n) is 7.11. The van der Waals surface area contributed by atoms with Crippen molar-refractivity contribution in [3.05, 3.63) is 69.8 Å². The minimum absolute atomic E-state index is 0.0449.